The molecule has 0 radical (unpaired) electrons. The zero-order valence-electron chi connectivity index (χ0n) is 16.3. The number of benzene rings is 1. The van der Waals surface area contributed by atoms with Crippen LogP contribution in [0.3, 0.4) is 0 Å². The van der Waals surface area contributed by atoms with Gasteiger partial charge in [0, 0.05) is 42.2 Å². The average molecular weight is 379 g/mol. The van der Waals surface area contributed by atoms with E-state index in [9.17, 15) is 4.79 Å². The number of likely N-dealkylation sites (N-methyl/N-ethyl adjacent to an activating group) is 1. The number of hydrogen-bond donors (Lipinski definition) is 0. The minimum absolute atomic E-state index is 0.0372. The maximum Gasteiger partial charge on any atom is 0.496 e. The number of carbonyl (C=O) groups excluding carboxylic acids is 1. The van der Waals surface area contributed by atoms with Crippen molar-refractivity contribution in [1.29, 1.82) is 0 Å². The van der Waals surface area contributed by atoms with Gasteiger partial charge in [-0.3, -0.25) is 4.79 Å². The highest BCUT2D eigenvalue weighted by Crippen LogP contribution is 2.37. The molecule has 0 bridgehead atoms. The summed E-state index contributed by atoms with van der Waals surface area (Å²) in [7, 11) is -0.572. The predicted molar refractivity (Wildman–Crippen MR) is 105 cm³/mol. The van der Waals surface area contributed by atoms with Crippen molar-refractivity contribution in [3.05, 3.63) is 28.8 Å². The molecular weight excluding hydrogens is 350 g/mol. The molecule has 0 spiro atoms. The summed E-state index contributed by atoms with van der Waals surface area (Å²) in [6.45, 7) is 14.5. The highest BCUT2D eigenvalue weighted by atomic mass is 35.5. The molecular formula is C19H28BClN2O3. The molecule has 0 aromatic heterocycles. The Morgan fingerprint density at radius 3 is 2.23 bits per heavy atom. The Hall–Kier alpha value is -1.08. The van der Waals surface area contributed by atoms with Crippen LogP contribution in [0.2, 0.25) is 5.02 Å². The van der Waals surface area contributed by atoms with Crippen LogP contribution in [0, 0.1) is 0 Å². The molecule has 0 saturated carbocycles. The molecule has 0 N–H and O–H groups in total. The minimum atomic E-state index is -0.572. The lowest BCUT2D eigenvalue weighted by Gasteiger charge is -2.34. The first-order valence-corrected chi connectivity index (χ1v) is 9.69. The van der Waals surface area contributed by atoms with Gasteiger partial charge in [0.15, 0.2) is 0 Å². The average Bonchev–Trinajstić information content (AvgIpc) is 2.82. The lowest BCUT2D eigenvalue weighted by molar-refractivity contribution is 0.00578. The van der Waals surface area contributed by atoms with E-state index < -0.39 is 18.3 Å². The summed E-state index contributed by atoms with van der Waals surface area (Å²) in [6.07, 6.45) is 0. The highest BCUT2D eigenvalue weighted by molar-refractivity contribution is 6.65. The van der Waals surface area contributed by atoms with Crippen molar-refractivity contribution in [3.63, 3.8) is 0 Å². The number of piperazine rings is 1. The van der Waals surface area contributed by atoms with E-state index in [2.05, 4.69) is 11.8 Å². The van der Waals surface area contributed by atoms with Gasteiger partial charge in [-0.1, -0.05) is 18.5 Å². The van der Waals surface area contributed by atoms with E-state index in [-0.39, 0.29) is 5.91 Å². The maximum absolute atomic E-state index is 12.9. The molecule has 142 valence electrons. The summed E-state index contributed by atoms with van der Waals surface area (Å²) in [6, 6.07) is 5.36. The highest BCUT2D eigenvalue weighted by Gasteiger charge is 2.52. The van der Waals surface area contributed by atoms with Gasteiger partial charge in [-0.25, -0.2) is 0 Å². The van der Waals surface area contributed by atoms with Gasteiger partial charge in [-0.05, 0) is 52.4 Å². The second-order valence-electron chi connectivity index (χ2n) is 8.05. The van der Waals surface area contributed by atoms with Crippen molar-refractivity contribution in [1.82, 2.24) is 9.80 Å². The van der Waals surface area contributed by atoms with E-state index in [0.29, 0.717) is 16.0 Å². The molecule has 2 saturated heterocycles. The molecule has 0 unspecified atom stereocenters. The molecule has 0 aliphatic carbocycles. The van der Waals surface area contributed by atoms with Crippen LogP contribution in [0.15, 0.2) is 18.2 Å². The smallest absolute Gasteiger partial charge is 0.399 e. The fraction of sp³-hybridized carbons (Fsp3) is 0.632. The van der Waals surface area contributed by atoms with E-state index in [1.165, 1.54) is 0 Å². The van der Waals surface area contributed by atoms with E-state index >= 15 is 0 Å². The van der Waals surface area contributed by atoms with Crippen LogP contribution in [-0.4, -0.2) is 66.8 Å². The Morgan fingerprint density at radius 1 is 1.12 bits per heavy atom. The molecule has 7 heteroatoms. The molecule has 1 aromatic rings. The molecule has 5 nitrogen and oxygen atoms in total. The fourth-order valence-corrected chi connectivity index (χ4v) is 3.48. The van der Waals surface area contributed by atoms with E-state index in [1.54, 1.807) is 12.1 Å². The molecule has 3 rings (SSSR count). The Balaban J connectivity index is 1.79. The summed E-state index contributed by atoms with van der Waals surface area (Å²) < 4.78 is 12.2. The van der Waals surface area contributed by atoms with E-state index in [0.717, 1.165) is 32.7 Å². The maximum atomic E-state index is 12.9. The fourth-order valence-electron chi connectivity index (χ4n) is 3.28. The van der Waals surface area contributed by atoms with Crippen LogP contribution in [0.25, 0.3) is 0 Å². The van der Waals surface area contributed by atoms with E-state index in [1.807, 2.05) is 38.7 Å². The lowest BCUT2D eigenvalue weighted by Crippen LogP contribution is -2.48. The summed E-state index contributed by atoms with van der Waals surface area (Å²) in [4.78, 5) is 17.2. The zero-order valence-corrected chi connectivity index (χ0v) is 17.1. The second kappa shape index (κ2) is 7.15. The monoisotopic (exact) mass is 378 g/mol. The van der Waals surface area contributed by atoms with Gasteiger partial charge in [0.2, 0.25) is 0 Å². The van der Waals surface area contributed by atoms with Gasteiger partial charge in [-0.15, -0.1) is 0 Å². The predicted octanol–water partition coefficient (Wildman–Crippen LogP) is 2.42. The Kier molecular flexibility index (Phi) is 5.41. The standard InChI is InChI=1S/C19H28BClN2O3/c1-6-22-9-11-23(12-10-22)17(24)14-7-8-16(21)15(13-14)20-25-18(2,3)19(4,5)26-20/h7-8,13H,6,9-12H2,1-5H3. The van der Waals surface area contributed by atoms with Crippen molar-refractivity contribution < 1.29 is 14.1 Å². The first kappa shape index (κ1) is 19.7. The molecule has 1 aromatic carbocycles. The largest absolute Gasteiger partial charge is 0.496 e. The van der Waals surface area contributed by atoms with Crippen molar-refractivity contribution >= 4 is 30.1 Å². The van der Waals surface area contributed by atoms with Gasteiger partial charge < -0.3 is 19.1 Å². The molecule has 2 fully saturated rings. The van der Waals surface area contributed by atoms with Gasteiger partial charge in [0.05, 0.1) is 11.2 Å². The van der Waals surface area contributed by atoms with Crippen LogP contribution in [-0.2, 0) is 9.31 Å². The molecule has 0 atom stereocenters. The van der Waals surface area contributed by atoms with Crippen molar-refractivity contribution in [2.24, 2.45) is 0 Å². The van der Waals surface area contributed by atoms with Gasteiger partial charge in [0.25, 0.3) is 5.91 Å². The minimum Gasteiger partial charge on any atom is -0.399 e. The SMILES string of the molecule is CCN1CCN(C(=O)c2ccc(Cl)c(B3OC(C)(C)C(C)(C)O3)c2)CC1. The summed E-state index contributed by atoms with van der Waals surface area (Å²) in [5, 5.41) is 0.552. The Bertz CT molecular complexity index is 671. The van der Waals surface area contributed by atoms with Crippen molar-refractivity contribution in [2.75, 3.05) is 32.7 Å². The number of carbonyl (C=O) groups is 1. The van der Waals surface area contributed by atoms with Gasteiger partial charge in [-0.2, -0.15) is 0 Å². The normalized spacial score (nSPS) is 22.7. The number of rotatable bonds is 3. The van der Waals surface area contributed by atoms with Gasteiger partial charge in [0.1, 0.15) is 0 Å². The third-order valence-electron chi connectivity index (χ3n) is 5.86. The summed E-state index contributed by atoms with van der Waals surface area (Å²) >= 11 is 6.40. The summed E-state index contributed by atoms with van der Waals surface area (Å²) in [5.74, 6) is 0.0372. The molecule has 2 heterocycles. The van der Waals surface area contributed by atoms with Crippen LogP contribution in [0.5, 0.6) is 0 Å². The first-order valence-electron chi connectivity index (χ1n) is 9.31. The zero-order chi connectivity index (χ0) is 19.1. The van der Waals surface area contributed by atoms with Crippen molar-refractivity contribution in [2.45, 2.75) is 45.8 Å². The lowest BCUT2D eigenvalue weighted by atomic mass is 9.78. The summed E-state index contributed by atoms with van der Waals surface area (Å²) in [5.41, 5.74) is 0.446. The topological polar surface area (TPSA) is 42.0 Å². The first-order chi connectivity index (χ1) is 12.1. The molecule has 2 aliphatic heterocycles. The third-order valence-corrected chi connectivity index (χ3v) is 6.20. The molecule has 26 heavy (non-hydrogen) atoms. The van der Waals surface area contributed by atoms with Crippen molar-refractivity contribution in [3.8, 4) is 0 Å². The number of hydrogen-bond acceptors (Lipinski definition) is 4. The molecule has 1 amide bonds. The Morgan fingerprint density at radius 2 is 1.69 bits per heavy atom. The quantitative estimate of drug-likeness (QED) is 0.758. The Labute approximate surface area is 161 Å². The van der Waals surface area contributed by atoms with Crippen LogP contribution in [0.4, 0.5) is 0 Å². The molecule has 2 aliphatic rings. The van der Waals surface area contributed by atoms with Crippen LogP contribution in [0.1, 0.15) is 45.0 Å². The van der Waals surface area contributed by atoms with Gasteiger partial charge >= 0.3 is 7.12 Å². The number of nitrogens with zero attached hydrogens (tertiary/aromatic N) is 2. The van der Waals surface area contributed by atoms with Crippen LogP contribution >= 0.6 is 11.6 Å². The van der Waals surface area contributed by atoms with Crippen LogP contribution < -0.4 is 5.46 Å². The number of halogens is 1. The second-order valence-corrected chi connectivity index (χ2v) is 8.46. The third kappa shape index (κ3) is 3.65. The van der Waals surface area contributed by atoms with E-state index in [4.69, 9.17) is 20.9 Å². The number of amides is 1.